The van der Waals surface area contributed by atoms with Gasteiger partial charge in [0.2, 0.25) is 0 Å². The van der Waals surface area contributed by atoms with E-state index in [4.69, 9.17) is 11.6 Å². The number of rotatable bonds is 8. The molecule has 0 saturated carbocycles. The van der Waals surface area contributed by atoms with E-state index in [0.717, 1.165) is 23.9 Å². The summed E-state index contributed by atoms with van der Waals surface area (Å²) in [7, 11) is 0. The second kappa shape index (κ2) is 8.55. The summed E-state index contributed by atoms with van der Waals surface area (Å²) in [4.78, 5) is 0. The first kappa shape index (κ1) is 15.5. The van der Waals surface area contributed by atoms with Crippen molar-refractivity contribution in [3.05, 3.63) is 34.9 Å². The van der Waals surface area contributed by atoms with Crippen LogP contribution in [0, 0.1) is 5.92 Å². The van der Waals surface area contributed by atoms with Gasteiger partial charge in [0.15, 0.2) is 0 Å². The standard InChI is InChI=1S/C16H26ClN/c1-4-16(14-9-7-10-15(17)12-14)18-11-6-5-8-13(2)3/h7,9-10,12-13,16,18H,4-6,8,11H2,1-3H3. The lowest BCUT2D eigenvalue weighted by molar-refractivity contribution is 0.476. The summed E-state index contributed by atoms with van der Waals surface area (Å²) in [6.07, 6.45) is 5.01. The van der Waals surface area contributed by atoms with E-state index in [1.54, 1.807) is 0 Å². The fourth-order valence-electron chi connectivity index (χ4n) is 2.18. The van der Waals surface area contributed by atoms with E-state index < -0.39 is 0 Å². The van der Waals surface area contributed by atoms with Gasteiger partial charge in [-0.3, -0.25) is 0 Å². The van der Waals surface area contributed by atoms with Crippen molar-refractivity contribution < 1.29 is 0 Å². The van der Waals surface area contributed by atoms with Crippen LogP contribution >= 0.6 is 11.6 Å². The smallest absolute Gasteiger partial charge is 0.0409 e. The Kier molecular flexibility index (Phi) is 7.38. The van der Waals surface area contributed by atoms with Crippen LogP contribution in [0.5, 0.6) is 0 Å². The van der Waals surface area contributed by atoms with Crippen molar-refractivity contribution in [2.75, 3.05) is 6.54 Å². The van der Waals surface area contributed by atoms with Gasteiger partial charge in [0.25, 0.3) is 0 Å². The third-order valence-electron chi connectivity index (χ3n) is 3.26. The summed E-state index contributed by atoms with van der Waals surface area (Å²) in [5.74, 6) is 0.819. The van der Waals surface area contributed by atoms with Gasteiger partial charge in [0.05, 0.1) is 0 Å². The molecule has 0 bridgehead atoms. The zero-order valence-electron chi connectivity index (χ0n) is 11.9. The average Bonchev–Trinajstić information content (AvgIpc) is 2.33. The number of hydrogen-bond acceptors (Lipinski definition) is 1. The van der Waals surface area contributed by atoms with Crippen LogP contribution in [0.1, 0.15) is 58.1 Å². The minimum atomic E-state index is 0.433. The minimum absolute atomic E-state index is 0.433. The minimum Gasteiger partial charge on any atom is -0.310 e. The average molecular weight is 268 g/mol. The highest BCUT2D eigenvalue weighted by atomic mass is 35.5. The predicted octanol–water partition coefficient (Wildman–Crippen LogP) is 5.21. The molecule has 0 fully saturated rings. The lowest BCUT2D eigenvalue weighted by Crippen LogP contribution is -2.21. The van der Waals surface area contributed by atoms with E-state index in [9.17, 15) is 0 Å². The third-order valence-corrected chi connectivity index (χ3v) is 3.49. The van der Waals surface area contributed by atoms with Gasteiger partial charge in [-0.05, 0) is 43.0 Å². The van der Waals surface area contributed by atoms with Gasteiger partial charge in [-0.25, -0.2) is 0 Å². The molecule has 1 rings (SSSR count). The number of hydrogen-bond donors (Lipinski definition) is 1. The molecular formula is C16H26ClN. The van der Waals surface area contributed by atoms with Crippen LogP contribution in [0.4, 0.5) is 0 Å². The third kappa shape index (κ3) is 5.88. The molecule has 0 spiro atoms. The fourth-order valence-corrected chi connectivity index (χ4v) is 2.37. The molecule has 18 heavy (non-hydrogen) atoms. The molecule has 0 aliphatic rings. The Morgan fingerprint density at radius 1 is 1.22 bits per heavy atom. The summed E-state index contributed by atoms with van der Waals surface area (Å²) in [6, 6.07) is 8.61. The number of benzene rings is 1. The molecule has 1 aromatic carbocycles. The van der Waals surface area contributed by atoms with Crippen LogP contribution in [-0.4, -0.2) is 6.54 Å². The molecule has 102 valence electrons. The topological polar surface area (TPSA) is 12.0 Å². The van der Waals surface area contributed by atoms with E-state index in [1.165, 1.54) is 24.8 Å². The maximum absolute atomic E-state index is 6.04. The Labute approximate surface area is 117 Å². The van der Waals surface area contributed by atoms with E-state index in [-0.39, 0.29) is 0 Å². The Morgan fingerprint density at radius 3 is 2.61 bits per heavy atom. The molecule has 0 radical (unpaired) electrons. The van der Waals surface area contributed by atoms with Crippen LogP contribution in [0.15, 0.2) is 24.3 Å². The van der Waals surface area contributed by atoms with Crippen molar-refractivity contribution in [1.82, 2.24) is 5.32 Å². The van der Waals surface area contributed by atoms with Gasteiger partial charge >= 0.3 is 0 Å². The number of unbranched alkanes of at least 4 members (excludes halogenated alkanes) is 1. The van der Waals surface area contributed by atoms with Crippen LogP contribution in [0.2, 0.25) is 5.02 Å². The Morgan fingerprint density at radius 2 is 2.00 bits per heavy atom. The quantitative estimate of drug-likeness (QED) is 0.638. The highest BCUT2D eigenvalue weighted by molar-refractivity contribution is 6.30. The van der Waals surface area contributed by atoms with Crippen LogP contribution < -0.4 is 5.32 Å². The predicted molar refractivity (Wildman–Crippen MR) is 81.2 cm³/mol. The van der Waals surface area contributed by atoms with Crippen molar-refractivity contribution in [3.63, 3.8) is 0 Å². The zero-order chi connectivity index (χ0) is 13.4. The summed E-state index contributed by atoms with van der Waals surface area (Å²) in [5, 5.41) is 4.45. The first-order chi connectivity index (χ1) is 8.63. The van der Waals surface area contributed by atoms with Gasteiger partial charge in [-0.1, -0.05) is 57.3 Å². The molecule has 1 aromatic rings. The van der Waals surface area contributed by atoms with Crippen molar-refractivity contribution in [3.8, 4) is 0 Å². The van der Waals surface area contributed by atoms with Crippen LogP contribution in [0.25, 0.3) is 0 Å². The SMILES string of the molecule is CCC(NCCCCC(C)C)c1cccc(Cl)c1. The lowest BCUT2D eigenvalue weighted by atomic mass is 10.0. The highest BCUT2D eigenvalue weighted by Gasteiger charge is 2.08. The molecular weight excluding hydrogens is 242 g/mol. The molecule has 1 atom stereocenters. The molecule has 2 heteroatoms. The highest BCUT2D eigenvalue weighted by Crippen LogP contribution is 2.20. The molecule has 0 amide bonds. The van der Waals surface area contributed by atoms with Crippen molar-refractivity contribution in [2.24, 2.45) is 5.92 Å². The maximum Gasteiger partial charge on any atom is 0.0409 e. The van der Waals surface area contributed by atoms with Crippen LogP contribution in [0.3, 0.4) is 0 Å². The lowest BCUT2D eigenvalue weighted by Gasteiger charge is -2.18. The second-order valence-electron chi connectivity index (χ2n) is 5.36. The summed E-state index contributed by atoms with van der Waals surface area (Å²) >= 11 is 6.04. The van der Waals surface area contributed by atoms with Gasteiger partial charge < -0.3 is 5.32 Å². The molecule has 0 heterocycles. The number of halogens is 1. The Hall–Kier alpha value is -0.530. The van der Waals surface area contributed by atoms with Gasteiger partial charge in [-0.15, -0.1) is 0 Å². The zero-order valence-corrected chi connectivity index (χ0v) is 12.6. The molecule has 0 aromatic heterocycles. The van der Waals surface area contributed by atoms with E-state index in [2.05, 4.69) is 38.2 Å². The van der Waals surface area contributed by atoms with Crippen LogP contribution in [-0.2, 0) is 0 Å². The monoisotopic (exact) mass is 267 g/mol. The largest absolute Gasteiger partial charge is 0.310 e. The van der Waals surface area contributed by atoms with Gasteiger partial charge in [0.1, 0.15) is 0 Å². The normalized spacial score (nSPS) is 12.9. The summed E-state index contributed by atoms with van der Waals surface area (Å²) < 4.78 is 0. The molecule has 1 N–H and O–H groups in total. The summed E-state index contributed by atoms with van der Waals surface area (Å²) in [6.45, 7) is 7.88. The fraction of sp³-hybridized carbons (Fsp3) is 0.625. The van der Waals surface area contributed by atoms with Crippen molar-refractivity contribution >= 4 is 11.6 Å². The summed E-state index contributed by atoms with van der Waals surface area (Å²) in [5.41, 5.74) is 1.30. The van der Waals surface area contributed by atoms with E-state index in [0.29, 0.717) is 6.04 Å². The molecule has 0 aliphatic carbocycles. The van der Waals surface area contributed by atoms with Gasteiger partial charge in [0, 0.05) is 11.1 Å². The Balaban J connectivity index is 2.34. The number of nitrogens with one attached hydrogen (secondary N) is 1. The molecule has 0 saturated heterocycles. The van der Waals surface area contributed by atoms with Crippen molar-refractivity contribution in [2.45, 2.75) is 52.5 Å². The van der Waals surface area contributed by atoms with Gasteiger partial charge in [-0.2, -0.15) is 0 Å². The molecule has 1 nitrogen and oxygen atoms in total. The second-order valence-corrected chi connectivity index (χ2v) is 5.80. The van der Waals surface area contributed by atoms with E-state index >= 15 is 0 Å². The first-order valence-corrected chi connectivity index (χ1v) is 7.50. The van der Waals surface area contributed by atoms with Crippen molar-refractivity contribution in [1.29, 1.82) is 0 Å². The molecule has 0 aliphatic heterocycles. The Bertz CT molecular complexity index is 336. The van der Waals surface area contributed by atoms with E-state index in [1.807, 2.05) is 12.1 Å². The molecule has 1 unspecified atom stereocenters. The first-order valence-electron chi connectivity index (χ1n) is 7.12. The maximum atomic E-state index is 6.04.